The number of nitrogens with zero attached hydrogens (tertiary/aromatic N) is 2. The van der Waals surface area contributed by atoms with Gasteiger partial charge in [-0.2, -0.15) is 0 Å². The Hall–Kier alpha value is -3.28. The molecule has 182 valence electrons. The smallest absolute Gasteiger partial charge is 0.271 e. The van der Waals surface area contributed by atoms with Gasteiger partial charge in [0.25, 0.3) is 5.91 Å². The number of furan rings is 1. The maximum atomic E-state index is 14.2. The lowest BCUT2D eigenvalue weighted by molar-refractivity contribution is -0.135. The summed E-state index contributed by atoms with van der Waals surface area (Å²) in [4.78, 5) is 30.2. The molecule has 35 heavy (non-hydrogen) atoms. The van der Waals surface area contributed by atoms with E-state index in [-0.39, 0.29) is 23.9 Å². The normalized spacial score (nSPS) is 24.7. The van der Waals surface area contributed by atoms with Gasteiger partial charge in [0.2, 0.25) is 5.91 Å². The highest BCUT2D eigenvalue weighted by molar-refractivity contribution is 6.01. The molecule has 1 N–H and O–H groups in total. The van der Waals surface area contributed by atoms with Crippen molar-refractivity contribution in [1.29, 1.82) is 0 Å². The van der Waals surface area contributed by atoms with Crippen molar-refractivity contribution in [3.05, 3.63) is 71.6 Å². The van der Waals surface area contributed by atoms with Gasteiger partial charge < -0.3 is 19.2 Å². The molecular formula is C29H33N3O3. The molecule has 0 unspecified atom stereocenters. The Balaban J connectivity index is 1.44. The third kappa shape index (κ3) is 3.70. The van der Waals surface area contributed by atoms with Gasteiger partial charge in [-0.05, 0) is 74.4 Å². The van der Waals surface area contributed by atoms with Gasteiger partial charge in [-0.25, -0.2) is 0 Å². The molecule has 6 rings (SSSR count). The van der Waals surface area contributed by atoms with E-state index in [1.165, 1.54) is 17.5 Å². The van der Waals surface area contributed by atoms with Crippen LogP contribution in [0, 0.1) is 0 Å². The average Bonchev–Trinajstić information content (AvgIpc) is 3.55. The third-order valence-corrected chi connectivity index (χ3v) is 8.27. The highest BCUT2D eigenvalue weighted by Gasteiger charge is 2.51. The summed E-state index contributed by atoms with van der Waals surface area (Å²) < 4.78 is 7.65. The van der Waals surface area contributed by atoms with Gasteiger partial charge in [-0.15, -0.1) is 0 Å². The fourth-order valence-corrected chi connectivity index (χ4v) is 6.45. The first-order valence-electron chi connectivity index (χ1n) is 13.0. The molecule has 2 amide bonds. The number of aryl methyl sites for hydroxylation is 1. The lowest BCUT2D eigenvalue weighted by Gasteiger charge is -2.49. The van der Waals surface area contributed by atoms with Crippen LogP contribution in [-0.4, -0.2) is 32.9 Å². The van der Waals surface area contributed by atoms with Crippen molar-refractivity contribution < 1.29 is 14.0 Å². The van der Waals surface area contributed by atoms with Crippen LogP contribution in [0.15, 0.2) is 59.2 Å². The molecule has 0 radical (unpaired) electrons. The lowest BCUT2D eigenvalue weighted by Crippen LogP contribution is -2.65. The summed E-state index contributed by atoms with van der Waals surface area (Å²) in [5.41, 5.74) is 2.89. The summed E-state index contributed by atoms with van der Waals surface area (Å²) in [5.74, 6) is 0.568. The van der Waals surface area contributed by atoms with Crippen LogP contribution in [0.3, 0.4) is 0 Å². The van der Waals surface area contributed by atoms with E-state index < -0.39 is 5.54 Å². The van der Waals surface area contributed by atoms with Crippen LogP contribution in [0.1, 0.15) is 79.5 Å². The van der Waals surface area contributed by atoms with Gasteiger partial charge in [0, 0.05) is 6.04 Å². The van der Waals surface area contributed by atoms with Crippen molar-refractivity contribution in [1.82, 2.24) is 14.8 Å². The molecule has 0 bridgehead atoms. The first-order valence-corrected chi connectivity index (χ1v) is 13.0. The second-order valence-electron chi connectivity index (χ2n) is 10.5. The van der Waals surface area contributed by atoms with Crippen LogP contribution < -0.4 is 5.32 Å². The van der Waals surface area contributed by atoms with E-state index in [9.17, 15) is 9.59 Å². The molecular weight excluding hydrogens is 438 g/mol. The van der Waals surface area contributed by atoms with E-state index in [1.807, 2.05) is 46.7 Å². The summed E-state index contributed by atoms with van der Waals surface area (Å²) in [7, 11) is 0. The molecule has 6 heteroatoms. The van der Waals surface area contributed by atoms with Gasteiger partial charge in [0.15, 0.2) is 0 Å². The topological polar surface area (TPSA) is 67.5 Å². The molecule has 1 fully saturated rings. The van der Waals surface area contributed by atoms with E-state index in [1.54, 1.807) is 6.26 Å². The molecule has 2 aromatic heterocycles. The quantitative estimate of drug-likeness (QED) is 0.547. The van der Waals surface area contributed by atoms with Crippen LogP contribution >= 0.6 is 0 Å². The molecule has 0 spiro atoms. The molecule has 1 aliphatic heterocycles. The minimum absolute atomic E-state index is 0.0504. The Morgan fingerprint density at radius 3 is 2.57 bits per heavy atom. The highest BCUT2D eigenvalue weighted by atomic mass is 16.3. The molecule has 1 aromatic carbocycles. The molecule has 3 aliphatic rings. The van der Waals surface area contributed by atoms with Gasteiger partial charge in [0.05, 0.1) is 24.5 Å². The van der Waals surface area contributed by atoms with Crippen molar-refractivity contribution in [2.45, 2.75) is 82.5 Å². The Kier molecular flexibility index (Phi) is 5.54. The fraction of sp³-hybridized carbons (Fsp3) is 0.448. The zero-order valence-electron chi connectivity index (χ0n) is 20.3. The van der Waals surface area contributed by atoms with Crippen LogP contribution in [0.2, 0.25) is 0 Å². The molecule has 6 nitrogen and oxygen atoms in total. The van der Waals surface area contributed by atoms with E-state index in [4.69, 9.17) is 4.42 Å². The number of amides is 2. The maximum absolute atomic E-state index is 14.2. The Bertz CT molecular complexity index is 1240. The van der Waals surface area contributed by atoms with Crippen molar-refractivity contribution in [2.24, 2.45) is 0 Å². The molecule has 2 atom stereocenters. The van der Waals surface area contributed by atoms with Gasteiger partial charge in [0.1, 0.15) is 17.0 Å². The average molecular weight is 472 g/mol. The second kappa shape index (κ2) is 8.74. The predicted octanol–water partition coefficient (Wildman–Crippen LogP) is 5.49. The molecule has 0 saturated heterocycles. The van der Waals surface area contributed by atoms with Gasteiger partial charge >= 0.3 is 0 Å². The SMILES string of the molecule is C[C@]1(C(=O)NC2CCCCC2)Cn2c(ccc2-c2ccco2)C(=O)N1[C@@H]1CCCc2ccccc21. The first-order chi connectivity index (χ1) is 17.1. The number of carbonyl (C=O) groups excluding carboxylic acids is 2. The molecule has 2 aliphatic carbocycles. The largest absolute Gasteiger partial charge is 0.463 e. The third-order valence-electron chi connectivity index (χ3n) is 8.27. The Labute approximate surface area is 206 Å². The predicted molar refractivity (Wildman–Crippen MR) is 134 cm³/mol. The minimum Gasteiger partial charge on any atom is -0.463 e. The summed E-state index contributed by atoms with van der Waals surface area (Å²) >= 11 is 0. The van der Waals surface area contributed by atoms with E-state index in [2.05, 4.69) is 23.5 Å². The number of nitrogens with one attached hydrogen (secondary N) is 1. The number of carbonyl (C=O) groups is 2. The fourth-order valence-electron chi connectivity index (χ4n) is 6.45. The molecule has 3 aromatic rings. The van der Waals surface area contributed by atoms with Crippen LogP contribution in [-0.2, 0) is 17.8 Å². The number of benzene rings is 1. The Morgan fingerprint density at radius 2 is 1.77 bits per heavy atom. The van der Waals surface area contributed by atoms with E-state index in [0.29, 0.717) is 18.0 Å². The number of hydrogen-bond donors (Lipinski definition) is 1. The van der Waals surface area contributed by atoms with E-state index >= 15 is 0 Å². The summed E-state index contributed by atoms with van der Waals surface area (Å²) in [6.45, 7) is 2.35. The lowest BCUT2D eigenvalue weighted by atomic mass is 9.82. The summed E-state index contributed by atoms with van der Waals surface area (Å²) in [5, 5.41) is 3.35. The standard InChI is InChI=1S/C29H33N3O3/c1-29(28(34)30-21-11-3-2-4-12-21)19-31-24(26-15-8-18-35-26)16-17-25(31)27(33)32(29)23-14-7-10-20-9-5-6-13-22(20)23/h5-6,8-9,13,15-18,21,23H,2-4,7,10-12,14,19H2,1H3,(H,30,34)/t23-,29-/m1/s1. The zero-order chi connectivity index (χ0) is 24.0. The monoisotopic (exact) mass is 471 g/mol. The number of aromatic nitrogens is 1. The Morgan fingerprint density at radius 1 is 0.971 bits per heavy atom. The first kappa shape index (κ1) is 22.2. The highest BCUT2D eigenvalue weighted by Crippen LogP contribution is 2.43. The van der Waals surface area contributed by atoms with Gasteiger partial charge in [-0.3, -0.25) is 9.59 Å². The van der Waals surface area contributed by atoms with Crippen LogP contribution in [0.25, 0.3) is 11.5 Å². The van der Waals surface area contributed by atoms with Crippen LogP contribution in [0.4, 0.5) is 0 Å². The number of fused-ring (bicyclic) bond motifs is 2. The number of hydrogen-bond acceptors (Lipinski definition) is 3. The van der Waals surface area contributed by atoms with Crippen molar-refractivity contribution in [2.75, 3.05) is 0 Å². The second-order valence-corrected chi connectivity index (χ2v) is 10.5. The van der Waals surface area contributed by atoms with Crippen molar-refractivity contribution in [3.8, 4) is 11.5 Å². The zero-order valence-corrected chi connectivity index (χ0v) is 20.3. The summed E-state index contributed by atoms with van der Waals surface area (Å²) in [6.07, 6.45) is 10.1. The van der Waals surface area contributed by atoms with Crippen molar-refractivity contribution >= 4 is 11.8 Å². The van der Waals surface area contributed by atoms with E-state index in [0.717, 1.165) is 50.6 Å². The number of rotatable bonds is 4. The molecule has 3 heterocycles. The molecule has 1 saturated carbocycles. The van der Waals surface area contributed by atoms with Crippen LogP contribution in [0.5, 0.6) is 0 Å². The van der Waals surface area contributed by atoms with Crippen molar-refractivity contribution in [3.63, 3.8) is 0 Å². The summed E-state index contributed by atoms with van der Waals surface area (Å²) in [6, 6.07) is 16.0. The minimum atomic E-state index is -1.02. The van der Waals surface area contributed by atoms with Gasteiger partial charge in [-0.1, -0.05) is 43.5 Å². The maximum Gasteiger partial charge on any atom is 0.271 e.